The quantitative estimate of drug-likeness (QED) is 0.930. The molecule has 1 fully saturated rings. The topological polar surface area (TPSA) is 41.9 Å². The van der Waals surface area contributed by atoms with E-state index in [-0.39, 0.29) is 18.0 Å². The number of methoxy groups -OCH3 is 2. The van der Waals surface area contributed by atoms with Crippen LogP contribution in [-0.4, -0.2) is 43.7 Å². The van der Waals surface area contributed by atoms with E-state index in [1.165, 1.54) is 23.1 Å². The van der Waals surface area contributed by atoms with Crippen LogP contribution in [0, 0.1) is 0 Å². The lowest BCUT2D eigenvalue weighted by Crippen LogP contribution is -2.33. The third kappa shape index (κ3) is 2.18. The average Bonchev–Trinajstić information content (AvgIpc) is 2.94. The van der Waals surface area contributed by atoms with Crippen molar-refractivity contribution in [2.75, 3.05) is 27.6 Å². The normalized spacial score (nSPS) is 36.2. The van der Waals surface area contributed by atoms with Gasteiger partial charge < -0.3 is 19.5 Å². The molecule has 0 unspecified atom stereocenters. The predicted molar refractivity (Wildman–Crippen MR) is 81.8 cm³/mol. The fourth-order valence-corrected chi connectivity index (χ4v) is 3.38. The molecule has 1 aromatic carbocycles. The summed E-state index contributed by atoms with van der Waals surface area (Å²) in [6.07, 6.45) is 2.03. The second-order valence-electron chi connectivity index (χ2n) is 5.51. The molecule has 1 saturated heterocycles. The molecule has 0 bridgehead atoms. The summed E-state index contributed by atoms with van der Waals surface area (Å²) < 4.78 is 77.4. The van der Waals surface area contributed by atoms with Crippen molar-refractivity contribution in [2.45, 2.75) is 30.8 Å². The number of benzene rings is 1. The van der Waals surface area contributed by atoms with Crippen molar-refractivity contribution in [3.63, 3.8) is 0 Å². The number of fused-ring (bicyclic) bond motifs is 1. The zero-order valence-corrected chi connectivity index (χ0v) is 11.4. The van der Waals surface area contributed by atoms with Crippen molar-refractivity contribution in [2.24, 2.45) is 0 Å². The maximum Gasteiger partial charge on any atom is 0.161 e. The van der Waals surface area contributed by atoms with Crippen LogP contribution in [0.4, 0.5) is 0 Å². The van der Waals surface area contributed by atoms with Gasteiger partial charge >= 0.3 is 0 Å². The number of hydrogen-bond donors (Lipinski definition) is 1. The molecule has 4 nitrogen and oxygen atoms in total. The molecule has 0 amide bonds. The summed E-state index contributed by atoms with van der Waals surface area (Å²) in [5.74, 6) is -0.519. The average molecular weight is 298 g/mol. The van der Waals surface area contributed by atoms with Crippen LogP contribution in [0.15, 0.2) is 30.0 Å². The molecule has 0 saturated carbocycles. The van der Waals surface area contributed by atoms with E-state index in [0.29, 0.717) is 30.5 Å². The molecule has 3 rings (SSSR count). The Morgan fingerprint density at radius 2 is 2.14 bits per heavy atom. The largest absolute Gasteiger partial charge is 0.493 e. The van der Waals surface area contributed by atoms with E-state index in [2.05, 4.69) is 0 Å². The lowest BCUT2D eigenvalue weighted by atomic mass is 9.70. The van der Waals surface area contributed by atoms with Crippen LogP contribution in [0.5, 0.6) is 11.5 Å². The van der Waals surface area contributed by atoms with Gasteiger partial charge in [0.15, 0.2) is 11.5 Å². The number of hydrogen-bond acceptors (Lipinski definition) is 4. The number of aliphatic hydroxyl groups excluding tert-OH is 1. The summed E-state index contributed by atoms with van der Waals surface area (Å²) in [6, 6.07) is 4.29. The van der Waals surface area contributed by atoms with E-state index in [4.69, 9.17) is 21.8 Å². The van der Waals surface area contributed by atoms with Gasteiger partial charge in [-0.2, -0.15) is 0 Å². The van der Waals surface area contributed by atoms with Gasteiger partial charge in [-0.15, -0.1) is 0 Å². The van der Waals surface area contributed by atoms with Gasteiger partial charge in [0.2, 0.25) is 0 Å². The Hall–Kier alpha value is -1.68. The fraction of sp³-hybridized carbons (Fsp3) is 0.529. The van der Waals surface area contributed by atoms with E-state index in [1.54, 1.807) is 6.07 Å². The van der Waals surface area contributed by atoms with Crippen molar-refractivity contribution in [1.82, 2.24) is 4.90 Å². The van der Waals surface area contributed by atoms with Crippen LogP contribution in [0.3, 0.4) is 0 Å². The number of rotatable bonds is 3. The van der Waals surface area contributed by atoms with Gasteiger partial charge in [-0.05, 0) is 43.0 Å². The number of aliphatic hydroxyl groups is 1. The van der Waals surface area contributed by atoms with Gasteiger partial charge in [0, 0.05) is 28.7 Å². The van der Waals surface area contributed by atoms with Crippen LogP contribution in [0.2, 0.25) is 0 Å². The van der Waals surface area contributed by atoms with Crippen LogP contribution in [0.1, 0.15) is 37.2 Å². The fourth-order valence-electron chi connectivity index (χ4n) is 3.38. The minimum Gasteiger partial charge on any atom is -0.493 e. The van der Waals surface area contributed by atoms with Crippen LogP contribution in [0.25, 0.3) is 0 Å². The van der Waals surface area contributed by atoms with Gasteiger partial charge in [-0.25, -0.2) is 0 Å². The Balaban J connectivity index is 2.10. The molecule has 0 spiro atoms. The Bertz CT molecular complexity index is 831. The van der Waals surface area contributed by atoms with Gasteiger partial charge in [0.25, 0.3) is 0 Å². The van der Waals surface area contributed by atoms with E-state index in [0.717, 1.165) is 0 Å². The van der Waals surface area contributed by atoms with Crippen molar-refractivity contribution >= 4 is 0 Å². The third-order valence-corrected chi connectivity index (χ3v) is 4.48. The van der Waals surface area contributed by atoms with E-state index in [9.17, 15) is 5.11 Å². The summed E-state index contributed by atoms with van der Waals surface area (Å²) in [5.41, 5.74) is 0.258. The third-order valence-electron chi connectivity index (χ3n) is 4.48. The molecule has 1 N–H and O–H groups in total. The minimum atomic E-state index is -2.84. The monoisotopic (exact) mass is 298 g/mol. The first-order valence-electron chi connectivity index (χ1n) is 11.3. The number of likely N-dealkylation sites (tertiary alicyclic amines) is 1. The Kier molecular flexibility index (Phi) is 1.77. The molecular weight excluding hydrogens is 266 g/mol. The highest BCUT2D eigenvalue weighted by Crippen LogP contribution is 2.50. The molecule has 1 heterocycles. The van der Waals surface area contributed by atoms with Crippen LogP contribution >= 0.6 is 0 Å². The number of nitrogens with zero attached hydrogens (tertiary/aromatic N) is 1. The molecule has 1 aromatic rings. The maximum atomic E-state index is 10.1. The van der Waals surface area contributed by atoms with E-state index >= 15 is 0 Å². The molecule has 0 aromatic heterocycles. The minimum absolute atomic E-state index is 0.234. The van der Waals surface area contributed by atoms with Crippen molar-refractivity contribution < 1.29 is 26.9 Å². The molecule has 114 valence electrons. The molecule has 0 radical (unpaired) electrons. The molecule has 2 atom stereocenters. The van der Waals surface area contributed by atoms with Gasteiger partial charge in [0.1, 0.15) is 0 Å². The number of allylic oxidation sites excluding steroid dienone is 1. The first kappa shape index (κ1) is 7.05. The molecule has 4 heteroatoms. The first-order valence-corrected chi connectivity index (χ1v) is 6.81. The van der Waals surface area contributed by atoms with E-state index in [1.807, 2.05) is 0 Å². The predicted octanol–water partition coefficient (Wildman–Crippen LogP) is 2.32. The van der Waals surface area contributed by atoms with Crippen molar-refractivity contribution in [3.8, 4) is 11.5 Å². The van der Waals surface area contributed by atoms with Crippen LogP contribution < -0.4 is 9.47 Å². The Morgan fingerprint density at radius 1 is 1.29 bits per heavy atom. The van der Waals surface area contributed by atoms with Gasteiger partial charge in [0.05, 0.1) is 28.4 Å². The smallest absolute Gasteiger partial charge is 0.161 e. The summed E-state index contributed by atoms with van der Waals surface area (Å²) in [7, 11) is -5.65. The molecule has 2 aliphatic rings. The van der Waals surface area contributed by atoms with Gasteiger partial charge in [-0.3, -0.25) is 0 Å². The second kappa shape index (κ2) is 5.26. The van der Waals surface area contributed by atoms with Crippen molar-refractivity contribution in [3.05, 3.63) is 35.5 Å². The molecule has 21 heavy (non-hydrogen) atoms. The van der Waals surface area contributed by atoms with Crippen molar-refractivity contribution in [1.29, 1.82) is 0 Å². The molecule has 1 aliphatic carbocycles. The summed E-state index contributed by atoms with van der Waals surface area (Å²) >= 11 is 0. The highest BCUT2D eigenvalue weighted by molar-refractivity contribution is 5.49. The summed E-state index contributed by atoms with van der Waals surface area (Å²) in [6.45, 7) is -2.16. The maximum absolute atomic E-state index is 10.1. The highest BCUT2D eigenvalue weighted by Gasteiger charge is 2.45. The zero-order chi connectivity index (χ0) is 22.5. The standard InChI is InChI=1S/C17H23NO3/c1-18-9-8-17(7-6-13(19)11-16(17)18)12-4-5-14(20-2)15(10-12)21-3/h4-5,10-11,13,19H,6-9H2,1-3H3/t13-,17-/m0/s1/i1D3,2D3,3D3. The summed E-state index contributed by atoms with van der Waals surface area (Å²) in [4.78, 5) is 1.27. The Morgan fingerprint density at radius 3 is 2.95 bits per heavy atom. The second-order valence-corrected chi connectivity index (χ2v) is 5.51. The highest BCUT2D eigenvalue weighted by atomic mass is 16.5. The summed E-state index contributed by atoms with van der Waals surface area (Å²) in [5, 5.41) is 10.1. The zero-order valence-electron chi connectivity index (χ0n) is 20.4. The number of likely N-dealkylation sites (N-methyl/N-ethyl adjacent to an activating group) is 1. The molecular formula is C17H23NO3. The van der Waals surface area contributed by atoms with Crippen LogP contribution in [-0.2, 0) is 5.41 Å². The lowest BCUT2D eigenvalue weighted by molar-refractivity contribution is 0.181. The lowest BCUT2D eigenvalue weighted by Gasteiger charge is -2.37. The van der Waals surface area contributed by atoms with E-state index < -0.39 is 32.6 Å². The number of ether oxygens (including phenoxy) is 2. The SMILES string of the molecule is [2H]C([2H])([2H])Oc1ccc([C@@]23CC[C@H](O)C=C2N(C([2H])([2H])[2H])CC3)cc1OC([2H])([2H])[2H]. The first-order chi connectivity index (χ1) is 13.6. The van der Waals surface area contributed by atoms with Gasteiger partial charge in [-0.1, -0.05) is 6.07 Å². The Labute approximate surface area is 138 Å². The molecule has 1 aliphatic heterocycles.